The molecule has 2 aliphatic rings. The molecule has 0 aromatic heterocycles. The van der Waals surface area contributed by atoms with Crippen molar-refractivity contribution in [3.8, 4) is 0 Å². The molecule has 0 saturated carbocycles. The first-order chi connectivity index (χ1) is 7.34. The largest absolute Gasteiger partial charge is 0.381 e. The van der Waals surface area contributed by atoms with Gasteiger partial charge in [-0.1, -0.05) is 11.6 Å². The minimum absolute atomic E-state index is 0.650. The quantitative estimate of drug-likeness (QED) is 0.751. The maximum absolute atomic E-state index is 5.99. The van der Waals surface area contributed by atoms with E-state index in [2.05, 4.69) is 28.0 Å². The predicted molar refractivity (Wildman–Crippen MR) is 68.4 cm³/mol. The lowest BCUT2D eigenvalue weighted by molar-refractivity contribution is 0.656. The van der Waals surface area contributed by atoms with Crippen molar-refractivity contribution in [2.45, 2.75) is 6.04 Å². The molecule has 80 valence electrons. The summed E-state index contributed by atoms with van der Waals surface area (Å²) in [4.78, 5) is 2.51. The van der Waals surface area contributed by atoms with Crippen molar-refractivity contribution in [2.24, 2.45) is 0 Å². The van der Waals surface area contributed by atoms with Crippen molar-refractivity contribution >= 4 is 34.7 Å². The molecule has 0 radical (unpaired) electrons. The first-order valence-corrected chi connectivity index (χ1v) is 6.76. The molecule has 15 heavy (non-hydrogen) atoms. The van der Waals surface area contributed by atoms with Gasteiger partial charge >= 0.3 is 0 Å². The smallest absolute Gasteiger partial charge is 0.0606 e. The number of nitrogens with zero attached hydrogens (tertiary/aromatic N) is 1. The molecule has 1 aromatic carbocycles. The Morgan fingerprint density at radius 1 is 1.47 bits per heavy atom. The third kappa shape index (κ3) is 1.68. The van der Waals surface area contributed by atoms with Crippen LogP contribution < -0.4 is 10.2 Å². The van der Waals surface area contributed by atoms with E-state index in [4.69, 9.17) is 11.6 Å². The van der Waals surface area contributed by atoms with Gasteiger partial charge in [0.1, 0.15) is 0 Å². The molecule has 0 amide bonds. The molecule has 1 fully saturated rings. The van der Waals surface area contributed by atoms with E-state index in [9.17, 15) is 0 Å². The van der Waals surface area contributed by atoms with Gasteiger partial charge in [-0.25, -0.2) is 0 Å². The monoisotopic (exact) mass is 240 g/mol. The molecule has 0 aliphatic carbocycles. The number of fused-ring (bicyclic) bond motifs is 3. The van der Waals surface area contributed by atoms with Crippen LogP contribution in [0.25, 0.3) is 0 Å². The van der Waals surface area contributed by atoms with Crippen molar-refractivity contribution in [3.05, 3.63) is 23.2 Å². The summed E-state index contributed by atoms with van der Waals surface area (Å²) in [5.74, 6) is 2.47. The zero-order valence-electron chi connectivity index (χ0n) is 8.37. The maximum atomic E-state index is 5.99. The number of benzene rings is 1. The summed E-state index contributed by atoms with van der Waals surface area (Å²) < 4.78 is 0. The van der Waals surface area contributed by atoms with Crippen LogP contribution >= 0.6 is 23.4 Å². The van der Waals surface area contributed by atoms with Crippen molar-refractivity contribution in [3.63, 3.8) is 0 Å². The second kappa shape index (κ2) is 3.80. The van der Waals surface area contributed by atoms with Gasteiger partial charge in [0.15, 0.2) is 0 Å². The Labute approximate surface area is 99.0 Å². The number of thioether (sulfide) groups is 1. The van der Waals surface area contributed by atoms with Gasteiger partial charge in [-0.2, -0.15) is 11.8 Å². The Kier molecular flexibility index (Phi) is 2.45. The Morgan fingerprint density at radius 2 is 2.40 bits per heavy atom. The molecule has 3 rings (SSSR count). The van der Waals surface area contributed by atoms with Crippen LogP contribution in [-0.2, 0) is 0 Å². The summed E-state index contributed by atoms with van der Waals surface area (Å²) in [6, 6.07) is 6.78. The molecule has 1 atom stereocenters. The summed E-state index contributed by atoms with van der Waals surface area (Å²) in [7, 11) is 0. The lowest BCUT2D eigenvalue weighted by Gasteiger charge is -2.42. The van der Waals surface area contributed by atoms with Gasteiger partial charge in [-0.3, -0.25) is 0 Å². The Bertz CT molecular complexity index is 383. The van der Waals surface area contributed by atoms with Gasteiger partial charge < -0.3 is 10.2 Å². The van der Waals surface area contributed by atoms with Crippen molar-refractivity contribution in [1.29, 1.82) is 0 Å². The molecule has 0 bridgehead atoms. The van der Waals surface area contributed by atoms with Crippen molar-refractivity contribution in [2.75, 3.05) is 34.8 Å². The molecule has 1 unspecified atom stereocenters. The molecule has 1 N–H and O–H groups in total. The first kappa shape index (κ1) is 9.67. The van der Waals surface area contributed by atoms with Crippen LogP contribution in [-0.4, -0.2) is 30.6 Å². The van der Waals surface area contributed by atoms with Gasteiger partial charge in [0, 0.05) is 29.6 Å². The molecular formula is C11H13ClN2S. The number of halogens is 1. The molecule has 0 spiro atoms. The van der Waals surface area contributed by atoms with Crippen LogP contribution in [0.5, 0.6) is 0 Å². The Hall–Kier alpha value is -0.540. The average molecular weight is 241 g/mol. The van der Waals surface area contributed by atoms with E-state index in [1.165, 1.54) is 22.9 Å². The van der Waals surface area contributed by atoms with Crippen LogP contribution in [0.3, 0.4) is 0 Å². The zero-order valence-corrected chi connectivity index (χ0v) is 9.94. The minimum Gasteiger partial charge on any atom is -0.381 e. The van der Waals surface area contributed by atoms with Gasteiger partial charge in [0.25, 0.3) is 0 Å². The number of anilines is 2. The van der Waals surface area contributed by atoms with Crippen LogP contribution in [0.1, 0.15) is 0 Å². The zero-order chi connectivity index (χ0) is 10.3. The molecule has 2 nitrogen and oxygen atoms in total. The van der Waals surface area contributed by atoms with E-state index in [0.717, 1.165) is 18.1 Å². The van der Waals surface area contributed by atoms with E-state index in [1.54, 1.807) is 0 Å². The summed E-state index contributed by atoms with van der Waals surface area (Å²) in [5, 5.41) is 4.27. The fourth-order valence-electron chi connectivity index (χ4n) is 2.27. The number of nitrogens with one attached hydrogen (secondary N) is 1. The van der Waals surface area contributed by atoms with Gasteiger partial charge in [0.05, 0.1) is 17.4 Å². The van der Waals surface area contributed by atoms with Crippen molar-refractivity contribution in [1.82, 2.24) is 0 Å². The third-order valence-electron chi connectivity index (χ3n) is 3.02. The Morgan fingerprint density at radius 3 is 3.33 bits per heavy atom. The van der Waals surface area contributed by atoms with Crippen LogP contribution in [0.2, 0.25) is 5.02 Å². The second-order valence-corrected chi connectivity index (χ2v) is 5.55. The number of hydrogen-bond acceptors (Lipinski definition) is 3. The summed E-state index contributed by atoms with van der Waals surface area (Å²) in [5.41, 5.74) is 2.50. The highest BCUT2D eigenvalue weighted by molar-refractivity contribution is 7.99. The highest BCUT2D eigenvalue weighted by Crippen LogP contribution is 2.36. The van der Waals surface area contributed by atoms with Crippen LogP contribution in [0.4, 0.5) is 11.4 Å². The topological polar surface area (TPSA) is 15.3 Å². The third-order valence-corrected chi connectivity index (χ3v) is 4.35. The van der Waals surface area contributed by atoms with E-state index < -0.39 is 0 Å². The molecule has 1 saturated heterocycles. The summed E-state index contributed by atoms with van der Waals surface area (Å²) in [6.45, 7) is 2.20. The van der Waals surface area contributed by atoms with Gasteiger partial charge in [-0.15, -0.1) is 0 Å². The van der Waals surface area contributed by atoms with Crippen molar-refractivity contribution < 1.29 is 0 Å². The normalized spacial score (nSPS) is 24.1. The highest BCUT2D eigenvalue weighted by atomic mass is 35.5. The Balaban J connectivity index is 1.99. The lowest BCUT2D eigenvalue weighted by Crippen LogP contribution is -2.49. The van der Waals surface area contributed by atoms with Gasteiger partial charge in [-0.05, 0) is 18.2 Å². The second-order valence-electron chi connectivity index (χ2n) is 3.96. The first-order valence-electron chi connectivity index (χ1n) is 5.22. The fourth-order valence-corrected chi connectivity index (χ4v) is 3.50. The van der Waals surface area contributed by atoms with E-state index in [0.29, 0.717) is 6.04 Å². The van der Waals surface area contributed by atoms with E-state index in [-0.39, 0.29) is 0 Å². The maximum Gasteiger partial charge on any atom is 0.0606 e. The standard InChI is InChI=1S/C11H13ClN2S/c12-8-1-2-11-10(5-8)13-6-9-7-15-4-3-14(9)11/h1-2,5,9,13H,3-4,6-7H2. The molecular weight excluding hydrogens is 228 g/mol. The average Bonchev–Trinajstić information content (AvgIpc) is 2.28. The predicted octanol–water partition coefficient (Wildman–Crippen LogP) is 2.69. The van der Waals surface area contributed by atoms with E-state index in [1.807, 2.05) is 12.1 Å². The SMILES string of the molecule is Clc1ccc2c(c1)NCC1CSCCN21. The molecule has 4 heteroatoms. The highest BCUT2D eigenvalue weighted by Gasteiger charge is 2.28. The number of hydrogen-bond donors (Lipinski definition) is 1. The molecule has 1 aromatic rings. The van der Waals surface area contributed by atoms with E-state index >= 15 is 0 Å². The lowest BCUT2D eigenvalue weighted by atomic mass is 10.1. The molecule has 2 aliphatic heterocycles. The fraction of sp³-hybridized carbons (Fsp3) is 0.455. The van der Waals surface area contributed by atoms with Gasteiger partial charge in [0.2, 0.25) is 0 Å². The summed E-state index contributed by atoms with van der Waals surface area (Å²) >= 11 is 8.04. The number of rotatable bonds is 0. The van der Waals surface area contributed by atoms with Crippen LogP contribution in [0.15, 0.2) is 18.2 Å². The molecule has 2 heterocycles. The summed E-state index contributed by atoms with van der Waals surface area (Å²) in [6.07, 6.45) is 0. The minimum atomic E-state index is 0.650. The van der Waals surface area contributed by atoms with Crippen LogP contribution in [0, 0.1) is 0 Å².